The number of nitrogens with two attached hydrogens (primary N) is 1. The summed E-state index contributed by atoms with van der Waals surface area (Å²) in [5.74, 6) is -0.538. The highest BCUT2D eigenvalue weighted by molar-refractivity contribution is 5.78. The van der Waals surface area contributed by atoms with Gasteiger partial charge >= 0.3 is 0 Å². The maximum Gasteiger partial charge on any atom is 0.222 e. The lowest BCUT2D eigenvalue weighted by Gasteiger charge is -2.16. The zero-order chi connectivity index (χ0) is 10.8. The van der Waals surface area contributed by atoms with Crippen LogP contribution in [0, 0.1) is 11.9 Å². The lowest BCUT2D eigenvalue weighted by molar-refractivity contribution is -0.121. The Morgan fingerprint density at radius 3 is 3.00 bits per heavy atom. The first kappa shape index (κ1) is 9.82. The van der Waals surface area contributed by atoms with Crippen LogP contribution in [0.4, 0.5) is 10.2 Å². The molecule has 15 heavy (non-hydrogen) atoms. The summed E-state index contributed by atoms with van der Waals surface area (Å²) >= 11 is 0. The molecule has 2 heterocycles. The van der Waals surface area contributed by atoms with E-state index in [0.717, 1.165) is 0 Å². The normalized spacial score (nSPS) is 20.6. The highest BCUT2D eigenvalue weighted by atomic mass is 19.1. The number of carbonyl (C=O) groups is 1. The third-order valence-corrected chi connectivity index (χ3v) is 2.53. The average molecular weight is 210 g/mol. The first-order valence-corrected chi connectivity index (χ1v) is 4.68. The molecule has 2 rings (SSSR count). The molecule has 6 heteroatoms. The minimum absolute atomic E-state index is 0.164. The second-order valence-corrected chi connectivity index (χ2v) is 3.53. The van der Waals surface area contributed by atoms with Crippen LogP contribution >= 0.6 is 0 Å². The van der Waals surface area contributed by atoms with Crippen molar-refractivity contribution >= 4 is 11.7 Å². The van der Waals surface area contributed by atoms with Crippen LogP contribution < -0.4 is 10.6 Å². The van der Waals surface area contributed by atoms with Gasteiger partial charge in [0.2, 0.25) is 11.9 Å². The van der Waals surface area contributed by atoms with E-state index in [2.05, 4.69) is 9.97 Å². The quantitative estimate of drug-likeness (QED) is 0.693. The van der Waals surface area contributed by atoms with Gasteiger partial charge in [-0.15, -0.1) is 0 Å². The number of amides is 1. The lowest BCUT2D eigenvalue weighted by atomic mass is 10.1. The summed E-state index contributed by atoms with van der Waals surface area (Å²) in [6.07, 6.45) is 1.86. The summed E-state index contributed by atoms with van der Waals surface area (Å²) in [7, 11) is 0. The van der Waals surface area contributed by atoms with Gasteiger partial charge in [-0.25, -0.2) is 9.97 Å². The van der Waals surface area contributed by atoms with Gasteiger partial charge in [0, 0.05) is 19.2 Å². The fourth-order valence-electron chi connectivity index (χ4n) is 1.70. The van der Waals surface area contributed by atoms with Crippen molar-refractivity contribution in [2.75, 3.05) is 18.0 Å². The molecule has 0 radical (unpaired) electrons. The predicted octanol–water partition coefficient (Wildman–Crippen LogP) is -0.0727. The van der Waals surface area contributed by atoms with Crippen molar-refractivity contribution in [3.63, 3.8) is 0 Å². The van der Waals surface area contributed by atoms with E-state index in [-0.39, 0.29) is 11.8 Å². The van der Waals surface area contributed by atoms with Gasteiger partial charge in [0.05, 0.1) is 5.92 Å². The SMILES string of the molecule is NC(=O)C1CCN(c2cc(F)ncn2)C1. The van der Waals surface area contributed by atoms with E-state index in [1.165, 1.54) is 12.4 Å². The van der Waals surface area contributed by atoms with Crippen LogP contribution in [0.15, 0.2) is 12.4 Å². The maximum absolute atomic E-state index is 12.8. The molecule has 2 N–H and O–H groups in total. The molecular formula is C9H11FN4O. The first-order chi connectivity index (χ1) is 7.16. The monoisotopic (exact) mass is 210 g/mol. The van der Waals surface area contributed by atoms with Crippen LogP contribution in [0.2, 0.25) is 0 Å². The zero-order valence-electron chi connectivity index (χ0n) is 8.06. The fourth-order valence-corrected chi connectivity index (χ4v) is 1.70. The van der Waals surface area contributed by atoms with Gasteiger partial charge in [0.25, 0.3) is 0 Å². The third-order valence-electron chi connectivity index (χ3n) is 2.53. The van der Waals surface area contributed by atoms with Crippen molar-refractivity contribution in [1.82, 2.24) is 9.97 Å². The van der Waals surface area contributed by atoms with Gasteiger partial charge in [0.15, 0.2) is 0 Å². The topological polar surface area (TPSA) is 72.1 Å². The number of carbonyl (C=O) groups excluding carboxylic acids is 1. The van der Waals surface area contributed by atoms with Crippen molar-refractivity contribution < 1.29 is 9.18 Å². The highest BCUT2D eigenvalue weighted by Crippen LogP contribution is 2.21. The number of anilines is 1. The van der Waals surface area contributed by atoms with Crippen molar-refractivity contribution in [3.05, 3.63) is 18.3 Å². The average Bonchev–Trinajstić information content (AvgIpc) is 2.66. The molecule has 1 aromatic heterocycles. The van der Waals surface area contributed by atoms with E-state index in [1.807, 2.05) is 4.90 Å². The summed E-state index contributed by atoms with van der Waals surface area (Å²) in [5, 5.41) is 0. The number of hydrogen-bond acceptors (Lipinski definition) is 4. The fraction of sp³-hybridized carbons (Fsp3) is 0.444. The van der Waals surface area contributed by atoms with Gasteiger partial charge in [-0.3, -0.25) is 4.79 Å². The molecule has 0 spiro atoms. The summed E-state index contributed by atoms with van der Waals surface area (Å²) in [5.41, 5.74) is 5.20. The van der Waals surface area contributed by atoms with Crippen LogP contribution in [0.1, 0.15) is 6.42 Å². The number of hydrogen-bond donors (Lipinski definition) is 1. The summed E-state index contributed by atoms with van der Waals surface area (Å²) in [4.78, 5) is 20.1. The molecule has 5 nitrogen and oxygen atoms in total. The Labute approximate surface area is 86.1 Å². The Bertz CT molecular complexity index is 384. The molecular weight excluding hydrogens is 199 g/mol. The molecule has 0 saturated carbocycles. The van der Waals surface area contributed by atoms with Crippen molar-refractivity contribution in [2.45, 2.75) is 6.42 Å². The molecule has 1 saturated heterocycles. The minimum Gasteiger partial charge on any atom is -0.369 e. The molecule has 0 aromatic carbocycles. The number of aromatic nitrogens is 2. The largest absolute Gasteiger partial charge is 0.369 e. The summed E-state index contributed by atoms with van der Waals surface area (Å²) in [6, 6.07) is 1.25. The van der Waals surface area contributed by atoms with Crippen molar-refractivity contribution in [1.29, 1.82) is 0 Å². The lowest BCUT2D eigenvalue weighted by Crippen LogP contribution is -2.27. The number of nitrogens with zero attached hydrogens (tertiary/aromatic N) is 3. The second-order valence-electron chi connectivity index (χ2n) is 3.53. The third kappa shape index (κ3) is 2.03. The van der Waals surface area contributed by atoms with Gasteiger partial charge < -0.3 is 10.6 Å². The minimum atomic E-state index is -0.567. The number of halogens is 1. The zero-order valence-corrected chi connectivity index (χ0v) is 8.06. The predicted molar refractivity (Wildman–Crippen MR) is 51.5 cm³/mol. The molecule has 1 atom stereocenters. The van der Waals surface area contributed by atoms with Crippen LogP contribution in [-0.4, -0.2) is 29.0 Å². The molecule has 1 unspecified atom stereocenters. The summed E-state index contributed by atoms with van der Waals surface area (Å²) < 4.78 is 12.8. The molecule has 1 fully saturated rings. The molecule has 80 valence electrons. The van der Waals surface area contributed by atoms with Crippen LogP contribution in [0.3, 0.4) is 0 Å². The smallest absolute Gasteiger partial charge is 0.222 e. The second kappa shape index (κ2) is 3.80. The molecule has 0 bridgehead atoms. The van der Waals surface area contributed by atoms with E-state index >= 15 is 0 Å². The van der Waals surface area contributed by atoms with E-state index in [0.29, 0.717) is 25.3 Å². The van der Waals surface area contributed by atoms with Crippen LogP contribution in [0.5, 0.6) is 0 Å². The molecule has 1 amide bonds. The Morgan fingerprint density at radius 1 is 1.60 bits per heavy atom. The van der Waals surface area contributed by atoms with Crippen molar-refractivity contribution in [2.24, 2.45) is 11.7 Å². The van der Waals surface area contributed by atoms with Crippen LogP contribution in [-0.2, 0) is 4.79 Å². The Hall–Kier alpha value is -1.72. The first-order valence-electron chi connectivity index (χ1n) is 4.68. The van der Waals surface area contributed by atoms with Gasteiger partial charge in [-0.2, -0.15) is 4.39 Å². The molecule has 0 aliphatic carbocycles. The number of primary amides is 1. The maximum atomic E-state index is 12.8. The Kier molecular flexibility index (Phi) is 2.49. The highest BCUT2D eigenvalue weighted by Gasteiger charge is 2.27. The van der Waals surface area contributed by atoms with E-state index in [1.54, 1.807) is 0 Å². The Balaban J connectivity index is 2.11. The Morgan fingerprint density at radius 2 is 2.40 bits per heavy atom. The van der Waals surface area contributed by atoms with Gasteiger partial charge in [0.1, 0.15) is 12.1 Å². The van der Waals surface area contributed by atoms with E-state index < -0.39 is 5.95 Å². The number of rotatable bonds is 2. The standard InChI is InChI=1S/C9H11FN4O/c10-7-3-8(13-5-12-7)14-2-1-6(4-14)9(11)15/h3,5-6H,1-2,4H2,(H2,11,15). The van der Waals surface area contributed by atoms with Crippen molar-refractivity contribution in [3.8, 4) is 0 Å². The van der Waals surface area contributed by atoms with Crippen LogP contribution in [0.25, 0.3) is 0 Å². The molecule has 1 aliphatic heterocycles. The van der Waals surface area contributed by atoms with E-state index in [4.69, 9.17) is 5.73 Å². The van der Waals surface area contributed by atoms with Gasteiger partial charge in [-0.05, 0) is 6.42 Å². The molecule has 1 aromatic rings. The summed E-state index contributed by atoms with van der Waals surface area (Å²) in [6.45, 7) is 1.18. The van der Waals surface area contributed by atoms with Gasteiger partial charge in [-0.1, -0.05) is 0 Å². The molecule has 1 aliphatic rings. The van der Waals surface area contributed by atoms with E-state index in [9.17, 15) is 9.18 Å².